The van der Waals surface area contributed by atoms with Gasteiger partial charge in [0.05, 0.1) is 12.3 Å². The summed E-state index contributed by atoms with van der Waals surface area (Å²) in [5.74, 6) is -0.107. The van der Waals surface area contributed by atoms with E-state index < -0.39 is 5.41 Å². The van der Waals surface area contributed by atoms with Gasteiger partial charge >= 0.3 is 5.97 Å². The Bertz CT molecular complexity index is 391. The highest BCUT2D eigenvalue weighted by atomic mass is 16.7. The monoisotopic (exact) mass is 281 g/mol. The van der Waals surface area contributed by atoms with Crippen LogP contribution in [0.4, 0.5) is 0 Å². The standard InChI is InChI=1S/C16H27NO3/c1-4-7-9-12(5-2)14-16(15(18)19-6-3)11-8-10-13(16)20-17-14/h13,17H,4-11H2,1-3H3. The number of hydrogen-bond donors (Lipinski definition) is 1. The van der Waals surface area contributed by atoms with Crippen molar-refractivity contribution in [1.29, 1.82) is 0 Å². The van der Waals surface area contributed by atoms with E-state index in [1.54, 1.807) is 0 Å². The van der Waals surface area contributed by atoms with Crippen molar-refractivity contribution in [2.45, 2.75) is 71.8 Å². The van der Waals surface area contributed by atoms with Crippen molar-refractivity contribution in [1.82, 2.24) is 5.48 Å². The lowest BCUT2D eigenvalue weighted by Crippen LogP contribution is -2.38. The minimum Gasteiger partial charge on any atom is -0.465 e. The van der Waals surface area contributed by atoms with E-state index >= 15 is 0 Å². The van der Waals surface area contributed by atoms with Gasteiger partial charge in [0, 0.05) is 0 Å². The van der Waals surface area contributed by atoms with E-state index in [4.69, 9.17) is 9.57 Å². The molecule has 0 bridgehead atoms. The van der Waals surface area contributed by atoms with Crippen molar-refractivity contribution < 1.29 is 14.4 Å². The van der Waals surface area contributed by atoms with Gasteiger partial charge in [-0.25, -0.2) is 0 Å². The number of unbranched alkanes of at least 4 members (excludes halogenated alkanes) is 1. The smallest absolute Gasteiger partial charge is 0.320 e. The molecule has 0 radical (unpaired) electrons. The Kier molecular flexibility index (Phi) is 5.08. The Morgan fingerprint density at radius 2 is 2.25 bits per heavy atom. The fraction of sp³-hybridized carbons (Fsp3) is 0.812. The molecule has 0 aromatic carbocycles. The molecule has 0 aromatic rings. The Hall–Kier alpha value is -1.03. The van der Waals surface area contributed by atoms with Crippen LogP contribution in [0.15, 0.2) is 11.3 Å². The van der Waals surface area contributed by atoms with Crippen molar-refractivity contribution in [3.8, 4) is 0 Å². The van der Waals surface area contributed by atoms with Gasteiger partial charge in [0.1, 0.15) is 11.5 Å². The van der Waals surface area contributed by atoms with Gasteiger partial charge in [0.25, 0.3) is 0 Å². The van der Waals surface area contributed by atoms with Gasteiger partial charge in [-0.2, -0.15) is 0 Å². The molecule has 1 N–H and O–H groups in total. The normalized spacial score (nSPS) is 30.9. The lowest BCUT2D eigenvalue weighted by Gasteiger charge is -2.27. The Morgan fingerprint density at radius 1 is 1.45 bits per heavy atom. The summed E-state index contributed by atoms with van der Waals surface area (Å²) < 4.78 is 5.37. The third-order valence-electron chi connectivity index (χ3n) is 4.59. The number of carbonyl (C=O) groups is 1. The highest BCUT2D eigenvalue weighted by molar-refractivity contribution is 5.82. The van der Waals surface area contributed by atoms with Gasteiger partial charge in [0.15, 0.2) is 0 Å². The largest absolute Gasteiger partial charge is 0.465 e. The molecule has 2 aliphatic rings. The molecule has 4 heteroatoms. The summed E-state index contributed by atoms with van der Waals surface area (Å²) in [5, 5.41) is 0. The first-order chi connectivity index (χ1) is 9.70. The zero-order valence-corrected chi connectivity index (χ0v) is 13.0. The maximum atomic E-state index is 12.6. The average Bonchev–Trinajstić information content (AvgIpc) is 3.00. The van der Waals surface area contributed by atoms with E-state index in [-0.39, 0.29) is 12.1 Å². The summed E-state index contributed by atoms with van der Waals surface area (Å²) in [4.78, 5) is 18.3. The number of rotatable bonds is 6. The van der Waals surface area contributed by atoms with E-state index in [0.717, 1.165) is 50.6 Å². The molecule has 1 heterocycles. The molecule has 20 heavy (non-hydrogen) atoms. The topological polar surface area (TPSA) is 47.6 Å². The summed E-state index contributed by atoms with van der Waals surface area (Å²) >= 11 is 0. The van der Waals surface area contributed by atoms with Crippen LogP contribution in [0.25, 0.3) is 0 Å². The Morgan fingerprint density at radius 3 is 2.90 bits per heavy atom. The van der Waals surface area contributed by atoms with Gasteiger partial charge in [-0.1, -0.05) is 20.3 Å². The summed E-state index contributed by atoms with van der Waals surface area (Å²) in [6.07, 6.45) is 7.05. The summed E-state index contributed by atoms with van der Waals surface area (Å²) in [6, 6.07) is 0. The number of esters is 1. The number of hydrogen-bond acceptors (Lipinski definition) is 4. The summed E-state index contributed by atoms with van der Waals surface area (Å²) in [6.45, 7) is 6.64. The minimum atomic E-state index is -0.560. The fourth-order valence-electron chi connectivity index (χ4n) is 3.49. The van der Waals surface area contributed by atoms with Crippen LogP contribution in [0.2, 0.25) is 0 Å². The molecule has 2 atom stereocenters. The number of fused-ring (bicyclic) bond motifs is 1. The third kappa shape index (κ3) is 2.46. The zero-order chi connectivity index (χ0) is 14.6. The zero-order valence-electron chi connectivity index (χ0n) is 13.0. The van der Waals surface area contributed by atoms with Gasteiger partial charge in [0.2, 0.25) is 0 Å². The molecule has 0 amide bonds. The SMILES string of the molecule is CCCCC(CC)=C1NOC2CCCC12C(=O)OCC. The maximum absolute atomic E-state index is 12.6. The molecule has 2 rings (SSSR count). The molecular formula is C16H27NO3. The first-order valence-electron chi connectivity index (χ1n) is 8.02. The Balaban J connectivity index is 2.35. The number of nitrogens with one attached hydrogen (secondary N) is 1. The van der Waals surface area contributed by atoms with E-state index in [9.17, 15) is 4.79 Å². The lowest BCUT2D eigenvalue weighted by atomic mass is 9.78. The van der Waals surface area contributed by atoms with Crippen LogP contribution >= 0.6 is 0 Å². The van der Waals surface area contributed by atoms with Crippen molar-refractivity contribution in [2.75, 3.05) is 6.61 Å². The first kappa shape index (κ1) is 15.4. The van der Waals surface area contributed by atoms with E-state index in [0.29, 0.717) is 6.61 Å². The van der Waals surface area contributed by atoms with E-state index in [1.165, 1.54) is 5.57 Å². The molecule has 1 aliphatic carbocycles. The Labute approximate surface area is 121 Å². The fourth-order valence-corrected chi connectivity index (χ4v) is 3.49. The van der Waals surface area contributed by atoms with Gasteiger partial charge < -0.3 is 4.74 Å². The van der Waals surface area contributed by atoms with Crippen molar-refractivity contribution >= 4 is 5.97 Å². The van der Waals surface area contributed by atoms with Crippen LogP contribution in [-0.2, 0) is 14.4 Å². The van der Waals surface area contributed by atoms with Crippen LogP contribution < -0.4 is 5.48 Å². The molecule has 1 aliphatic heterocycles. The second-order valence-corrected chi connectivity index (χ2v) is 5.73. The highest BCUT2D eigenvalue weighted by Crippen LogP contribution is 2.51. The minimum absolute atomic E-state index is 0.0558. The van der Waals surface area contributed by atoms with Crippen LogP contribution in [0.1, 0.15) is 65.7 Å². The second kappa shape index (κ2) is 6.61. The molecule has 4 nitrogen and oxygen atoms in total. The van der Waals surface area contributed by atoms with Gasteiger partial charge in [-0.05, 0) is 51.0 Å². The van der Waals surface area contributed by atoms with Crippen LogP contribution in [0, 0.1) is 5.41 Å². The molecular weight excluding hydrogens is 254 g/mol. The maximum Gasteiger partial charge on any atom is 0.320 e. The average molecular weight is 281 g/mol. The number of carbonyl (C=O) groups excluding carboxylic acids is 1. The number of ether oxygens (including phenoxy) is 1. The van der Waals surface area contributed by atoms with Gasteiger partial charge in [-0.3, -0.25) is 15.1 Å². The van der Waals surface area contributed by atoms with Gasteiger partial charge in [-0.15, -0.1) is 0 Å². The molecule has 114 valence electrons. The van der Waals surface area contributed by atoms with E-state index in [1.807, 2.05) is 6.92 Å². The summed E-state index contributed by atoms with van der Waals surface area (Å²) in [5.41, 5.74) is 4.85. The molecule has 2 unspecified atom stereocenters. The summed E-state index contributed by atoms with van der Waals surface area (Å²) in [7, 11) is 0. The van der Waals surface area contributed by atoms with Crippen molar-refractivity contribution in [2.24, 2.45) is 5.41 Å². The predicted octanol–water partition coefficient (Wildman–Crippen LogP) is 3.48. The lowest BCUT2D eigenvalue weighted by molar-refractivity contribution is -0.155. The molecule has 2 fully saturated rings. The van der Waals surface area contributed by atoms with E-state index in [2.05, 4.69) is 19.3 Å². The van der Waals surface area contributed by atoms with Crippen molar-refractivity contribution in [3.05, 3.63) is 11.3 Å². The number of hydroxylamine groups is 1. The molecule has 0 aromatic heterocycles. The molecule has 1 saturated heterocycles. The predicted molar refractivity (Wildman–Crippen MR) is 77.8 cm³/mol. The van der Waals surface area contributed by atoms with Crippen molar-refractivity contribution in [3.63, 3.8) is 0 Å². The van der Waals surface area contributed by atoms with Crippen LogP contribution in [-0.4, -0.2) is 18.7 Å². The van der Waals surface area contributed by atoms with Crippen LogP contribution in [0.5, 0.6) is 0 Å². The molecule has 0 spiro atoms. The number of allylic oxidation sites excluding steroid dienone is 1. The second-order valence-electron chi connectivity index (χ2n) is 5.73. The highest BCUT2D eigenvalue weighted by Gasteiger charge is 2.59. The quantitative estimate of drug-likeness (QED) is 0.757. The molecule has 1 saturated carbocycles. The first-order valence-corrected chi connectivity index (χ1v) is 8.02. The van der Waals surface area contributed by atoms with Crippen LogP contribution in [0.3, 0.4) is 0 Å². The third-order valence-corrected chi connectivity index (χ3v) is 4.59.